The van der Waals surface area contributed by atoms with Crippen molar-refractivity contribution in [2.45, 2.75) is 70.9 Å². The van der Waals surface area contributed by atoms with Crippen LogP contribution >= 0.6 is 0 Å². The van der Waals surface area contributed by atoms with E-state index in [1.54, 1.807) is 26.1 Å². The first-order valence-corrected chi connectivity index (χ1v) is 11.3. The highest BCUT2D eigenvalue weighted by Crippen LogP contribution is 2.56. The third-order valence-electron chi connectivity index (χ3n) is 6.53. The average molecular weight is 462 g/mol. The van der Waals surface area contributed by atoms with E-state index in [-0.39, 0.29) is 17.7 Å². The number of hydrogen-bond acceptors (Lipinski definition) is 6. The second-order valence-corrected chi connectivity index (χ2v) is 10.2. The van der Waals surface area contributed by atoms with E-state index in [2.05, 4.69) is 20.5 Å². The third-order valence-corrected chi connectivity index (χ3v) is 6.53. The van der Waals surface area contributed by atoms with Crippen molar-refractivity contribution >= 4 is 24.1 Å². The molecule has 1 heterocycles. The fourth-order valence-electron chi connectivity index (χ4n) is 4.63. The molecule has 10 nitrogen and oxygen atoms in total. The minimum Gasteiger partial charge on any atom is -0.477 e. The van der Waals surface area contributed by atoms with Gasteiger partial charge >= 0.3 is 6.09 Å². The minimum atomic E-state index is -0.721. The molecule has 2 fully saturated rings. The van der Waals surface area contributed by atoms with Crippen LogP contribution in [0.4, 0.5) is 4.79 Å². The molecular weight excluding hydrogens is 426 g/mol. The van der Waals surface area contributed by atoms with E-state index >= 15 is 0 Å². The van der Waals surface area contributed by atoms with Gasteiger partial charge in [0.05, 0.1) is 30.9 Å². The fraction of sp³-hybridized carbons (Fsp3) is 0.652. The first kappa shape index (κ1) is 24.6. The number of alkyl carbamates (subject to hydrolysis) is 1. The van der Waals surface area contributed by atoms with Crippen molar-refractivity contribution < 1.29 is 23.9 Å². The van der Waals surface area contributed by atoms with Gasteiger partial charge < -0.3 is 25.8 Å². The maximum absolute atomic E-state index is 13.3. The molecule has 1 aromatic heterocycles. The molecule has 10 heteroatoms. The Balaban J connectivity index is 1.81. The molecule has 2 bridgehead atoms. The van der Waals surface area contributed by atoms with Gasteiger partial charge in [0, 0.05) is 11.7 Å². The maximum atomic E-state index is 13.3. The molecule has 3 rings (SSSR count). The lowest BCUT2D eigenvalue weighted by molar-refractivity contribution is -0.127. The Morgan fingerprint density at radius 1 is 1.27 bits per heavy atom. The highest BCUT2D eigenvalue weighted by Gasteiger charge is 2.58. The number of nitrogens with two attached hydrogens (primary N) is 1. The molecule has 0 unspecified atom stereocenters. The number of fused-ring (bicyclic) bond motifs is 2. The maximum Gasteiger partial charge on any atom is 0.407 e. The molecule has 3 amide bonds. The smallest absolute Gasteiger partial charge is 0.407 e. The van der Waals surface area contributed by atoms with Crippen LogP contribution in [-0.2, 0) is 9.53 Å². The third kappa shape index (κ3) is 5.31. The molecule has 0 aliphatic heterocycles. The number of rotatable bonds is 9. The molecule has 2 aliphatic rings. The number of amides is 3. The average Bonchev–Trinajstić information content (AvgIpc) is 3.42. The Hall–Kier alpha value is -3.04. The number of hydrogen-bond donors (Lipinski definition) is 3. The van der Waals surface area contributed by atoms with Gasteiger partial charge in [-0.3, -0.25) is 9.59 Å². The van der Waals surface area contributed by atoms with Crippen LogP contribution in [0.3, 0.4) is 0 Å². The highest BCUT2D eigenvalue weighted by atomic mass is 16.5. The molecule has 33 heavy (non-hydrogen) atoms. The van der Waals surface area contributed by atoms with Gasteiger partial charge in [0.25, 0.3) is 5.91 Å². The molecule has 0 saturated heterocycles. The summed E-state index contributed by atoms with van der Waals surface area (Å²) in [5.74, 6) is -0.00859. The van der Waals surface area contributed by atoms with Crippen LogP contribution in [0.1, 0.15) is 70.2 Å². The Morgan fingerprint density at radius 3 is 2.48 bits per heavy atom. The molecule has 2 saturated carbocycles. The van der Waals surface area contributed by atoms with Crippen LogP contribution < -0.4 is 21.1 Å². The van der Waals surface area contributed by atoms with Crippen molar-refractivity contribution in [2.24, 2.45) is 17.1 Å². The first-order chi connectivity index (χ1) is 15.4. The predicted molar refractivity (Wildman–Crippen MR) is 122 cm³/mol. The molecule has 4 N–H and O–H groups in total. The Morgan fingerprint density at radius 2 is 1.94 bits per heavy atom. The lowest BCUT2D eigenvalue weighted by atomic mass is 9.83. The molecule has 1 aromatic rings. The van der Waals surface area contributed by atoms with Crippen molar-refractivity contribution in [2.75, 3.05) is 13.7 Å². The number of nitrogens with one attached hydrogen (secondary N) is 2. The zero-order valence-corrected chi connectivity index (χ0v) is 20.1. The molecule has 0 radical (unpaired) electrons. The van der Waals surface area contributed by atoms with E-state index in [0.717, 1.165) is 12.8 Å². The number of primary amides is 1. The van der Waals surface area contributed by atoms with Gasteiger partial charge in [-0.1, -0.05) is 13.8 Å². The van der Waals surface area contributed by atoms with Crippen LogP contribution in [-0.4, -0.2) is 52.5 Å². The van der Waals surface area contributed by atoms with Crippen LogP contribution in [0.2, 0.25) is 0 Å². The van der Waals surface area contributed by atoms with E-state index in [4.69, 9.17) is 10.5 Å². The summed E-state index contributed by atoms with van der Waals surface area (Å²) in [6, 6.07) is 0. The zero-order valence-electron chi connectivity index (χ0n) is 20.1. The van der Waals surface area contributed by atoms with E-state index in [0.29, 0.717) is 37.3 Å². The summed E-state index contributed by atoms with van der Waals surface area (Å²) in [6.45, 7) is 8.03. The molecule has 2 aliphatic carbocycles. The summed E-state index contributed by atoms with van der Waals surface area (Å²) in [7, 11) is 1.30. The van der Waals surface area contributed by atoms with E-state index < -0.39 is 22.6 Å². The van der Waals surface area contributed by atoms with Gasteiger partial charge in [-0.05, 0) is 57.9 Å². The van der Waals surface area contributed by atoms with Crippen molar-refractivity contribution in [1.82, 2.24) is 20.4 Å². The number of aromatic nitrogens is 2. The fourth-order valence-corrected chi connectivity index (χ4v) is 4.63. The summed E-state index contributed by atoms with van der Waals surface area (Å²) in [6.07, 6.45) is 7.71. The summed E-state index contributed by atoms with van der Waals surface area (Å²) in [5.41, 5.74) is 4.31. The summed E-state index contributed by atoms with van der Waals surface area (Å²) >= 11 is 0. The number of ether oxygens (including phenoxy) is 2. The number of carbonyl (C=O) groups excluding carboxylic acids is 3. The van der Waals surface area contributed by atoms with Crippen LogP contribution in [0.5, 0.6) is 5.88 Å². The normalized spacial score (nSPS) is 24.3. The zero-order chi connectivity index (χ0) is 24.4. The Bertz CT molecular complexity index is 941. The number of nitrogens with zero attached hydrogens (tertiary/aromatic N) is 2. The van der Waals surface area contributed by atoms with E-state index in [1.807, 2.05) is 13.8 Å². The van der Waals surface area contributed by atoms with Gasteiger partial charge in [-0.25, -0.2) is 9.48 Å². The van der Waals surface area contributed by atoms with Crippen LogP contribution in [0, 0.1) is 11.3 Å². The summed E-state index contributed by atoms with van der Waals surface area (Å²) < 4.78 is 12.1. The van der Waals surface area contributed by atoms with Gasteiger partial charge in [-0.2, -0.15) is 5.10 Å². The van der Waals surface area contributed by atoms with Gasteiger partial charge in [0.2, 0.25) is 11.8 Å². The first-order valence-electron chi connectivity index (χ1n) is 11.3. The van der Waals surface area contributed by atoms with Gasteiger partial charge in [-0.15, -0.1) is 0 Å². The lowest BCUT2D eigenvalue weighted by Gasteiger charge is -2.28. The molecule has 182 valence electrons. The van der Waals surface area contributed by atoms with Crippen LogP contribution in [0.25, 0.3) is 6.20 Å². The summed E-state index contributed by atoms with van der Waals surface area (Å²) in [4.78, 5) is 36.8. The minimum absolute atomic E-state index is 0.241. The predicted octanol–water partition coefficient (Wildman–Crippen LogP) is 2.44. The largest absolute Gasteiger partial charge is 0.477 e. The van der Waals surface area contributed by atoms with E-state index in [9.17, 15) is 14.4 Å². The Labute approximate surface area is 194 Å². The number of methoxy groups -OCH3 is 1. The second kappa shape index (κ2) is 9.07. The monoisotopic (exact) mass is 461 g/mol. The van der Waals surface area contributed by atoms with Crippen molar-refractivity contribution in [3.05, 3.63) is 17.8 Å². The van der Waals surface area contributed by atoms with Crippen molar-refractivity contribution in [1.29, 1.82) is 0 Å². The van der Waals surface area contributed by atoms with Gasteiger partial charge in [0.15, 0.2) is 0 Å². The lowest BCUT2D eigenvalue weighted by Crippen LogP contribution is -2.45. The Kier molecular flexibility index (Phi) is 6.76. The SMILES string of the molecule is COC(=O)NC(C)(C)/C=C/n1ncc(C(=O)NC23CCC(C(N)=O)(CC2)C3)c1OCC(C)C. The standard InChI is InChI=1S/C23H35N5O5/c1-15(2)13-33-18-16(12-25-28(18)11-10-21(3,4)27-20(31)32-5)17(29)26-23-8-6-22(14-23,7-9-23)19(24)30/h10-12,15H,6-9,13-14H2,1-5H3,(H2,24,30)(H,26,29)(H,27,31)/b11-10+. The molecule has 0 atom stereocenters. The molecular formula is C23H35N5O5. The highest BCUT2D eigenvalue weighted by molar-refractivity contribution is 5.97. The van der Waals surface area contributed by atoms with Crippen molar-refractivity contribution in [3.63, 3.8) is 0 Å². The van der Waals surface area contributed by atoms with E-state index in [1.165, 1.54) is 18.0 Å². The number of carbonyl (C=O) groups is 3. The van der Waals surface area contributed by atoms with Crippen LogP contribution in [0.15, 0.2) is 12.3 Å². The summed E-state index contributed by atoms with van der Waals surface area (Å²) in [5, 5.41) is 10.2. The molecule has 0 spiro atoms. The van der Waals surface area contributed by atoms with Gasteiger partial charge in [0.1, 0.15) is 5.56 Å². The topological polar surface area (TPSA) is 138 Å². The molecule has 0 aromatic carbocycles. The quantitative estimate of drug-likeness (QED) is 0.516. The second-order valence-electron chi connectivity index (χ2n) is 10.2. The van der Waals surface area contributed by atoms with Crippen molar-refractivity contribution in [3.8, 4) is 5.88 Å².